The van der Waals surface area contributed by atoms with E-state index < -0.39 is 47.1 Å². The smallest absolute Gasteiger partial charge is 0.346 e. The van der Waals surface area contributed by atoms with E-state index in [0.29, 0.717) is 16.8 Å². The number of hydrogen-bond acceptors (Lipinski definition) is 8. The van der Waals surface area contributed by atoms with Gasteiger partial charge >= 0.3 is 5.92 Å². The highest BCUT2D eigenvalue weighted by Gasteiger charge is 2.45. The second-order valence-electron chi connectivity index (χ2n) is 11.1. The van der Waals surface area contributed by atoms with Gasteiger partial charge in [-0.05, 0) is 48.4 Å². The Morgan fingerprint density at radius 1 is 0.936 bits per heavy atom. The highest BCUT2D eigenvalue weighted by molar-refractivity contribution is 6.23. The van der Waals surface area contributed by atoms with Crippen molar-refractivity contribution in [2.75, 3.05) is 0 Å². The van der Waals surface area contributed by atoms with Crippen LogP contribution in [0.2, 0.25) is 0 Å². The third kappa shape index (κ3) is 5.28. The van der Waals surface area contributed by atoms with Crippen molar-refractivity contribution in [2.24, 2.45) is 0 Å². The van der Waals surface area contributed by atoms with E-state index in [1.165, 1.54) is 35.1 Å². The van der Waals surface area contributed by atoms with Gasteiger partial charge in [0.1, 0.15) is 6.04 Å². The van der Waals surface area contributed by atoms with Crippen molar-refractivity contribution in [3.63, 3.8) is 0 Å². The number of rotatable bonds is 7. The number of nitrogens with zero attached hydrogens (tertiary/aromatic N) is 5. The monoisotopic (exact) mass is 635 g/mol. The molecule has 0 spiro atoms. The minimum absolute atomic E-state index is 0.00394. The molecule has 4 heterocycles. The normalized spacial score (nSPS) is 16.4. The fraction of sp³-hybridized carbons (Fsp3) is 0.152. The van der Waals surface area contributed by atoms with Gasteiger partial charge in [-0.25, -0.2) is 9.67 Å². The van der Waals surface area contributed by atoms with E-state index in [-0.39, 0.29) is 41.8 Å². The molecule has 1 fully saturated rings. The molecule has 14 heteroatoms. The van der Waals surface area contributed by atoms with Crippen LogP contribution in [-0.2, 0) is 26.9 Å². The predicted octanol–water partition coefficient (Wildman–Crippen LogP) is 3.29. The molecule has 1 saturated heterocycles. The van der Waals surface area contributed by atoms with E-state index in [1.54, 1.807) is 18.5 Å². The lowest BCUT2D eigenvalue weighted by molar-refractivity contribution is -0.147. The quantitative estimate of drug-likeness (QED) is 0.258. The molecule has 0 bridgehead atoms. The van der Waals surface area contributed by atoms with Crippen molar-refractivity contribution in [3.05, 3.63) is 108 Å². The third-order valence-corrected chi connectivity index (χ3v) is 8.04. The first-order valence-electron chi connectivity index (χ1n) is 14.5. The molecule has 3 aromatic carbocycles. The Morgan fingerprint density at radius 2 is 1.72 bits per heavy atom. The van der Waals surface area contributed by atoms with Crippen molar-refractivity contribution in [1.29, 1.82) is 0 Å². The molecule has 0 radical (unpaired) electrons. The number of carbonyl (C=O) groups is 5. The van der Waals surface area contributed by atoms with Crippen LogP contribution in [0.25, 0.3) is 28.0 Å². The first-order chi connectivity index (χ1) is 22.6. The average Bonchev–Trinajstić information content (AvgIpc) is 3.67. The highest BCUT2D eigenvalue weighted by atomic mass is 19.3. The molecule has 5 amide bonds. The molecule has 234 valence electrons. The van der Waals surface area contributed by atoms with Gasteiger partial charge in [0, 0.05) is 30.3 Å². The van der Waals surface area contributed by atoms with Gasteiger partial charge in [-0.15, -0.1) is 0 Å². The van der Waals surface area contributed by atoms with Crippen molar-refractivity contribution >= 4 is 40.6 Å². The van der Waals surface area contributed by atoms with E-state index in [1.807, 2.05) is 24.3 Å². The second kappa shape index (κ2) is 11.3. The number of halogens is 2. The highest BCUT2D eigenvalue weighted by Crippen LogP contribution is 2.31. The Morgan fingerprint density at radius 3 is 2.53 bits per heavy atom. The summed E-state index contributed by atoms with van der Waals surface area (Å²) in [4.78, 5) is 72.3. The SMILES string of the molecule is O=C1CCC(N2C(=O)c3ccc(CNC(=O)C(F)(F)c4cccc(-n5cc(-c6cnc7ccccc7n6)cn5)c4)cc3C2=O)C(=O)N1. The summed E-state index contributed by atoms with van der Waals surface area (Å²) in [6.07, 6.45) is 4.73. The maximum atomic E-state index is 15.4. The summed E-state index contributed by atoms with van der Waals surface area (Å²) in [7, 11) is 0. The van der Waals surface area contributed by atoms with Gasteiger partial charge in [-0.2, -0.15) is 13.9 Å². The lowest BCUT2D eigenvalue weighted by atomic mass is 10.0. The second-order valence-corrected chi connectivity index (χ2v) is 11.1. The molecule has 7 rings (SSSR count). The van der Waals surface area contributed by atoms with Crippen molar-refractivity contribution in [2.45, 2.75) is 31.4 Å². The summed E-state index contributed by atoms with van der Waals surface area (Å²) in [6.45, 7) is -0.364. The van der Waals surface area contributed by atoms with Gasteiger partial charge in [0.15, 0.2) is 0 Å². The average molecular weight is 636 g/mol. The number of nitrogens with one attached hydrogen (secondary N) is 2. The molecule has 2 N–H and O–H groups in total. The number of amides is 5. The Bertz CT molecular complexity index is 2150. The van der Waals surface area contributed by atoms with Crippen LogP contribution >= 0.6 is 0 Å². The number of alkyl halides is 2. The molecule has 1 atom stereocenters. The Labute approximate surface area is 264 Å². The van der Waals surface area contributed by atoms with Crippen molar-refractivity contribution in [3.8, 4) is 16.9 Å². The van der Waals surface area contributed by atoms with Gasteiger partial charge in [0.2, 0.25) is 11.8 Å². The van der Waals surface area contributed by atoms with Crippen LogP contribution in [0.15, 0.2) is 85.3 Å². The number of fused-ring (bicyclic) bond motifs is 2. The number of benzene rings is 3. The molecular weight excluding hydrogens is 612 g/mol. The van der Waals surface area contributed by atoms with Crippen LogP contribution in [0.1, 0.15) is 44.7 Å². The summed E-state index contributed by atoms with van der Waals surface area (Å²) in [5.74, 6) is -8.19. The number of imide groups is 2. The Kier molecular flexibility index (Phi) is 7.11. The first kappa shape index (κ1) is 29.5. The number of hydrogen-bond donors (Lipinski definition) is 2. The third-order valence-electron chi connectivity index (χ3n) is 8.04. The summed E-state index contributed by atoms with van der Waals surface area (Å²) in [6, 6.07) is 15.6. The molecule has 5 aromatic rings. The topological polar surface area (TPSA) is 156 Å². The number of piperidine rings is 1. The maximum Gasteiger partial charge on any atom is 0.349 e. The number of para-hydroxylation sites is 2. The summed E-state index contributed by atoms with van der Waals surface area (Å²) >= 11 is 0. The van der Waals surface area contributed by atoms with Crippen LogP contribution < -0.4 is 10.6 Å². The van der Waals surface area contributed by atoms with Crippen LogP contribution in [0.5, 0.6) is 0 Å². The molecule has 12 nitrogen and oxygen atoms in total. The molecular formula is C33H23F2N7O5. The zero-order valence-electron chi connectivity index (χ0n) is 24.3. The van der Waals surface area contributed by atoms with Crippen LogP contribution in [-0.4, -0.2) is 60.2 Å². The molecule has 2 aliphatic rings. The molecule has 2 aliphatic heterocycles. The van der Waals surface area contributed by atoms with Gasteiger partial charge in [0.25, 0.3) is 17.7 Å². The maximum absolute atomic E-state index is 15.4. The molecule has 2 aromatic heterocycles. The van der Waals surface area contributed by atoms with Crippen molar-refractivity contribution < 1.29 is 32.8 Å². The van der Waals surface area contributed by atoms with E-state index in [9.17, 15) is 24.0 Å². The first-order valence-corrected chi connectivity index (χ1v) is 14.5. The van der Waals surface area contributed by atoms with Gasteiger partial charge in [-0.1, -0.05) is 30.3 Å². The predicted molar refractivity (Wildman–Crippen MR) is 161 cm³/mol. The van der Waals surface area contributed by atoms with Crippen molar-refractivity contribution in [1.82, 2.24) is 35.3 Å². The minimum Gasteiger partial charge on any atom is -0.346 e. The van der Waals surface area contributed by atoms with E-state index in [0.717, 1.165) is 22.5 Å². The Hall–Kier alpha value is -6.18. The van der Waals surface area contributed by atoms with Crippen LogP contribution in [0.4, 0.5) is 8.78 Å². The van der Waals surface area contributed by atoms with Crippen LogP contribution in [0.3, 0.4) is 0 Å². The fourth-order valence-electron chi connectivity index (χ4n) is 5.59. The largest absolute Gasteiger partial charge is 0.349 e. The molecule has 0 saturated carbocycles. The molecule has 0 aliphatic carbocycles. The molecule has 47 heavy (non-hydrogen) atoms. The number of carbonyl (C=O) groups excluding carboxylic acids is 5. The summed E-state index contributed by atoms with van der Waals surface area (Å²) in [5.41, 5.74) is 2.61. The van der Waals surface area contributed by atoms with Gasteiger partial charge in [0.05, 0.1) is 45.9 Å². The Balaban J connectivity index is 1.04. The zero-order chi connectivity index (χ0) is 32.9. The van der Waals surface area contributed by atoms with Gasteiger partial charge in [-0.3, -0.25) is 39.2 Å². The molecule has 1 unspecified atom stereocenters. The summed E-state index contributed by atoms with van der Waals surface area (Å²) < 4.78 is 32.2. The zero-order valence-corrected chi connectivity index (χ0v) is 24.3. The lowest BCUT2D eigenvalue weighted by Gasteiger charge is -2.27. The fourth-order valence-corrected chi connectivity index (χ4v) is 5.59. The lowest BCUT2D eigenvalue weighted by Crippen LogP contribution is -2.54. The van der Waals surface area contributed by atoms with Gasteiger partial charge < -0.3 is 5.32 Å². The van der Waals surface area contributed by atoms with E-state index in [2.05, 4.69) is 25.7 Å². The van der Waals surface area contributed by atoms with Crippen LogP contribution in [0, 0.1) is 0 Å². The standard InChI is InChI=1S/C33H23F2N7O5/c34-33(35,20-4-3-5-21(13-20)41-17-19(15-38-41)26-16-36-24-6-1-2-7-25(24)39-26)32(47)37-14-18-8-9-22-23(12-18)31(46)42(30(22)45)27-10-11-28(43)40-29(27)44/h1-9,12-13,15-17,27H,10-11,14H2,(H,37,47)(H,40,43,44). The minimum atomic E-state index is -3.93. The van der Waals surface area contributed by atoms with E-state index >= 15 is 8.78 Å². The summed E-state index contributed by atoms with van der Waals surface area (Å²) in [5, 5.41) is 8.60. The van der Waals surface area contributed by atoms with E-state index in [4.69, 9.17) is 0 Å². The number of aromatic nitrogens is 4.